The zero-order valence-corrected chi connectivity index (χ0v) is 35.5. The molecular formula is C61H41N3O. The lowest BCUT2D eigenvalue weighted by Crippen LogP contribution is -1.99. The summed E-state index contributed by atoms with van der Waals surface area (Å²) in [6.45, 7) is 0. The lowest BCUT2D eigenvalue weighted by molar-refractivity contribution is 0.667. The molecule has 13 rings (SSSR count). The predicted octanol–water partition coefficient (Wildman–Crippen LogP) is 15.9. The maximum absolute atomic E-state index is 6.62. The van der Waals surface area contributed by atoms with Gasteiger partial charge in [-0.15, -0.1) is 0 Å². The third-order valence-electron chi connectivity index (χ3n) is 13.5. The molecule has 1 unspecified atom stereocenters. The number of para-hydroxylation sites is 1. The molecule has 0 spiro atoms. The van der Waals surface area contributed by atoms with Gasteiger partial charge in [-0.25, -0.2) is 9.97 Å². The first-order chi connectivity index (χ1) is 32.2. The van der Waals surface area contributed by atoms with Crippen molar-refractivity contribution in [2.24, 2.45) is 0 Å². The van der Waals surface area contributed by atoms with Crippen LogP contribution in [0.15, 0.2) is 223 Å². The molecule has 0 radical (unpaired) electrons. The minimum Gasteiger partial charge on any atom is -0.452 e. The molecule has 4 nitrogen and oxygen atoms in total. The third kappa shape index (κ3) is 6.29. The lowest BCUT2D eigenvalue weighted by atomic mass is 9.89. The van der Waals surface area contributed by atoms with Crippen molar-refractivity contribution in [3.63, 3.8) is 0 Å². The van der Waals surface area contributed by atoms with Crippen LogP contribution < -0.4 is 0 Å². The number of rotatable bonds is 8. The SMILES string of the molecule is c1ccc(-c2cccc(CCC3c4ccccc4-c4cc(-c5ccc6c(c5)c5ccccc5n6-c5ccc6oc7c(-c8ccccc8)nc(-c8ccccc8)nc7c6c5)ccc43)c2)cc1. The van der Waals surface area contributed by atoms with E-state index in [2.05, 4.69) is 187 Å². The molecule has 0 saturated heterocycles. The van der Waals surface area contributed by atoms with Crippen LogP contribution in [0.5, 0.6) is 0 Å². The van der Waals surface area contributed by atoms with E-state index in [9.17, 15) is 0 Å². The number of fused-ring (bicyclic) bond motifs is 9. The Morgan fingerprint density at radius 1 is 0.431 bits per heavy atom. The molecule has 3 heterocycles. The van der Waals surface area contributed by atoms with Gasteiger partial charge in [0.05, 0.1) is 11.0 Å². The average Bonchev–Trinajstić information content (AvgIpc) is 4.03. The van der Waals surface area contributed by atoms with Gasteiger partial charge in [-0.2, -0.15) is 0 Å². The Morgan fingerprint density at radius 3 is 1.94 bits per heavy atom. The molecule has 306 valence electrons. The van der Waals surface area contributed by atoms with Crippen molar-refractivity contribution >= 4 is 43.9 Å². The predicted molar refractivity (Wildman–Crippen MR) is 267 cm³/mol. The summed E-state index contributed by atoms with van der Waals surface area (Å²) in [6, 6.07) is 78.5. The standard InChI is InChI=1S/C61H41N3O/c1-4-16-40(17-5-1)43-22-14-15-39(35-43)27-31-49-47-23-10-11-24-48(47)52-36-44(28-32-50(49)52)45-29-33-56-53(37-45)51-25-12-13-26-55(51)64(56)46-30-34-57-54(38-46)59-60(65-57)58(41-18-6-2-7-19-41)62-61(63-59)42-20-8-3-9-21-42/h1-26,28-30,32-38,49H,27,31H2. The molecule has 0 amide bonds. The molecule has 4 heteroatoms. The summed E-state index contributed by atoms with van der Waals surface area (Å²) < 4.78 is 9.00. The van der Waals surface area contributed by atoms with Crippen LogP contribution in [0.4, 0.5) is 0 Å². The Hall–Kier alpha value is -8.34. The van der Waals surface area contributed by atoms with E-state index in [0.29, 0.717) is 17.3 Å². The molecule has 0 saturated carbocycles. The van der Waals surface area contributed by atoms with Crippen LogP contribution in [0.2, 0.25) is 0 Å². The second kappa shape index (κ2) is 15.2. The van der Waals surface area contributed by atoms with Gasteiger partial charge in [0.2, 0.25) is 0 Å². The van der Waals surface area contributed by atoms with Gasteiger partial charge in [-0.1, -0.05) is 176 Å². The van der Waals surface area contributed by atoms with Crippen molar-refractivity contribution < 1.29 is 4.42 Å². The number of aromatic nitrogens is 3. The highest BCUT2D eigenvalue weighted by molar-refractivity contribution is 6.12. The first-order valence-electron chi connectivity index (χ1n) is 22.5. The molecule has 0 N–H and O–H groups in total. The van der Waals surface area contributed by atoms with Gasteiger partial charge in [0.25, 0.3) is 0 Å². The van der Waals surface area contributed by atoms with Crippen molar-refractivity contribution in [2.45, 2.75) is 18.8 Å². The van der Waals surface area contributed by atoms with E-state index >= 15 is 0 Å². The van der Waals surface area contributed by atoms with E-state index in [-0.39, 0.29) is 0 Å². The molecule has 1 atom stereocenters. The minimum absolute atomic E-state index is 0.349. The summed E-state index contributed by atoms with van der Waals surface area (Å²) in [5.41, 5.74) is 20.2. The van der Waals surface area contributed by atoms with Gasteiger partial charge >= 0.3 is 0 Å². The van der Waals surface area contributed by atoms with E-state index in [4.69, 9.17) is 14.4 Å². The van der Waals surface area contributed by atoms with Crippen LogP contribution in [0, 0.1) is 0 Å². The summed E-state index contributed by atoms with van der Waals surface area (Å²) in [7, 11) is 0. The Morgan fingerprint density at radius 2 is 1.09 bits per heavy atom. The molecular weight excluding hydrogens is 791 g/mol. The Kier molecular flexibility index (Phi) is 8.70. The lowest BCUT2D eigenvalue weighted by Gasteiger charge is -2.15. The van der Waals surface area contributed by atoms with E-state index in [1.165, 1.54) is 60.8 Å². The van der Waals surface area contributed by atoms with Gasteiger partial charge in [-0.3, -0.25) is 0 Å². The molecule has 1 aliphatic carbocycles. The maximum atomic E-state index is 6.62. The van der Waals surface area contributed by atoms with Crippen LogP contribution in [0.25, 0.3) is 106 Å². The summed E-state index contributed by atoms with van der Waals surface area (Å²) in [6.07, 6.45) is 2.07. The normalized spacial score (nSPS) is 13.2. The van der Waals surface area contributed by atoms with E-state index in [1.54, 1.807) is 0 Å². The Bertz CT molecular complexity index is 3770. The van der Waals surface area contributed by atoms with Gasteiger partial charge in [0.15, 0.2) is 11.4 Å². The number of aryl methyl sites for hydroxylation is 1. The fourth-order valence-corrected chi connectivity index (χ4v) is 10.4. The fourth-order valence-electron chi connectivity index (χ4n) is 10.4. The minimum atomic E-state index is 0.349. The highest BCUT2D eigenvalue weighted by atomic mass is 16.3. The number of hydrogen-bond donors (Lipinski definition) is 0. The summed E-state index contributed by atoms with van der Waals surface area (Å²) in [5, 5.41) is 3.38. The van der Waals surface area contributed by atoms with E-state index in [0.717, 1.165) is 62.9 Å². The summed E-state index contributed by atoms with van der Waals surface area (Å²) in [4.78, 5) is 10.3. The zero-order chi connectivity index (χ0) is 42.8. The van der Waals surface area contributed by atoms with Crippen LogP contribution in [0.3, 0.4) is 0 Å². The van der Waals surface area contributed by atoms with Gasteiger partial charge in [0.1, 0.15) is 16.8 Å². The van der Waals surface area contributed by atoms with Gasteiger partial charge in [-0.05, 0) is 105 Å². The van der Waals surface area contributed by atoms with Crippen molar-refractivity contribution in [2.75, 3.05) is 0 Å². The largest absolute Gasteiger partial charge is 0.452 e. The molecule has 3 aromatic heterocycles. The van der Waals surface area contributed by atoms with E-state index < -0.39 is 0 Å². The van der Waals surface area contributed by atoms with Crippen LogP contribution >= 0.6 is 0 Å². The molecule has 12 aromatic rings. The molecule has 0 aliphatic heterocycles. The second-order valence-electron chi connectivity index (χ2n) is 17.2. The monoisotopic (exact) mass is 831 g/mol. The fraction of sp³-hybridized carbons (Fsp3) is 0.0492. The molecule has 0 fully saturated rings. The highest BCUT2D eigenvalue weighted by Crippen LogP contribution is 2.48. The zero-order valence-electron chi connectivity index (χ0n) is 35.5. The van der Waals surface area contributed by atoms with Crippen molar-refractivity contribution in [3.05, 3.63) is 235 Å². The average molecular weight is 832 g/mol. The molecule has 9 aromatic carbocycles. The number of benzene rings is 9. The van der Waals surface area contributed by atoms with Gasteiger partial charge in [0, 0.05) is 38.9 Å². The van der Waals surface area contributed by atoms with Crippen LogP contribution in [0.1, 0.15) is 29.0 Å². The molecule has 0 bridgehead atoms. The Balaban J connectivity index is 0.885. The van der Waals surface area contributed by atoms with Gasteiger partial charge < -0.3 is 8.98 Å². The third-order valence-corrected chi connectivity index (χ3v) is 13.5. The molecule has 65 heavy (non-hydrogen) atoms. The maximum Gasteiger partial charge on any atom is 0.180 e. The van der Waals surface area contributed by atoms with Crippen molar-refractivity contribution in [3.8, 4) is 61.7 Å². The quantitative estimate of drug-likeness (QED) is 0.153. The van der Waals surface area contributed by atoms with Crippen molar-refractivity contribution in [1.82, 2.24) is 14.5 Å². The van der Waals surface area contributed by atoms with Crippen LogP contribution in [-0.2, 0) is 6.42 Å². The summed E-state index contributed by atoms with van der Waals surface area (Å²) >= 11 is 0. The highest BCUT2D eigenvalue weighted by Gasteiger charge is 2.29. The topological polar surface area (TPSA) is 43.9 Å². The van der Waals surface area contributed by atoms with E-state index in [1.807, 2.05) is 36.4 Å². The summed E-state index contributed by atoms with van der Waals surface area (Å²) in [5.74, 6) is 1.02. The van der Waals surface area contributed by atoms with Crippen molar-refractivity contribution in [1.29, 1.82) is 0 Å². The van der Waals surface area contributed by atoms with Crippen LogP contribution in [-0.4, -0.2) is 14.5 Å². The number of hydrogen-bond acceptors (Lipinski definition) is 3. The number of nitrogens with zero attached hydrogens (tertiary/aromatic N) is 3. The number of furan rings is 1. The first kappa shape index (κ1) is 37.2. The second-order valence-corrected chi connectivity index (χ2v) is 17.2. The molecule has 1 aliphatic rings. The Labute approximate surface area is 376 Å². The first-order valence-corrected chi connectivity index (χ1v) is 22.5. The smallest absolute Gasteiger partial charge is 0.180 e.